The Labute approximate surface area is 139 Å². The molecule has 0 bridgehead atoms. The second kappa shape index (κ2) is 6.67. The Hall–Kier alpha value is -2.59. The van der Waals surface area contributed by atoms with Gasteiger partial charge in [-0.05, 0) is 61.0 Å². The maximum Gasteiger partial charge on any atom is 0.118 e. The first-order valence-electron chi connectivity index (χ1n) is 7.16. The molecule has 0 radical (unpaired) electrons. The van der Waals surface area contributed by atoms with E-state index in [-0.39, 0.29) is 0 Å². The smallest absolute Gasteiger partial charge is 0.118 e. The van der Waals surface area contributed by atoms with E-state index >= 15 is 0 Å². The number of fused-ring (bicyclic) bond motifs is 1. The largest absolute Gasteiger partial charge is 0.497 e. The molecular weight excluding hydrogens is 310 g/mol. The van der Waals surface area contributed by atoms with Crippen molar-refractivity contribution < 1.29 is 4.74 Å². The zero-order valence-electron chi connectivity index (χ0n) is 12.9. The summed E-state index contributed by atoms with van der Waals surface area (Å²) in [6.45, 7) is 1.95. The first kappa shape index (κ1) is 15.3. The van der Waals surface area contributed by atoms with Crippen LogP contribution >= 0.6 is 11.6 Å². The number of halogens is 1. The monoisotopic (exact) mass is 325 g/mol. The molecule has 0 fully saturated rings. The van der Waals surface area contributed by atoms with E-state index in [0.717, 1.165) is 33.6 Å². The minimum Gasteiger partial charge on any atom is -0.497 e. The molecule has 2 aromatic carbocycles. The molecule has 0 atom stereocenters. The molecule has 3 rings (SSSR count). The summed E-state index contributed by atoms with van der Waals surface area (Å²) in [5, 5.41) is 6.10. The summed E-state index contributed by atoms with van der Waals surface area (Å²) in [7, 11) is 1.65. The minimum atomic E-state index is 0.667. The highest BCUT2D eigenvalue weighted by atomic mass is 35.5. The number of nitrogens with one attached hydrogen (secondary N) is 1. The lowest BCUT2D eigenvalue weighted by atomic mass is 10.1. The van der Waals surface area contributed by atoms with Gasteiger partial charge in [-0.3, -0.25) is 10.4 Å². The van der Waals surface area contributed by atoms with E-state index in [2.05, 4.69) is 15.5 Å². The summed E-state index contributed by atoms with van der Waals surface area (Å²) in [5.74, 6) is 0.825. The van der Waals surface area contributed by atoms with Crippen LogP contribution in [0.25, 0.3) is 10.9 Å². The van der Waals surface area contributed by atoms with Crippen molar-refractivity contribution in [1.29, 1.82) is 0 Å². The third-order valence-corrected chi connectivity index (χ3v) is 3.79. The number of methoxy groups -OCH3 is 1. The van der Waals surface area contributed by atoms with E-state index in [0.29, 0.717) is 5.02 Å². The normalized spacial score (nSPS) is 11.5. The third-order valence-electron chi connectivity index (χ3n) is 3.56. The highest BCUT2D eigenvalue weighted by Crippen LogP contribution is 2.24. The van der Waals surface area contributed by atoms with Gasteiger partial charge < -0.3 is 4.74 Å². The topological polar surface area (TPSA) is 46.5 Å². The van der Waals surface area contributed by atoms with Crippen LogP contribution in [0.15, 0.2) is 59.8 Å². The molecule has 0 aliphatic heterocycles. The number of pyridine rings is 1. The summed E-state index contributed by atoms with van der Waals surface area (Å²) < 4.78 is 5.16. The number of hydrogen-bond acceptors (Lipinski definition) is 4. The van der Waals surface area contributed by atoms with Crippen molar-refractivity contribution in [3.05, 3.63) is 65.3 Å². The Morgan fingerprint density at radius 3 is 2.65 bits per heavy atom. The molecular formula is C18H16ClN3O. The van der Waals surface area contributed by atoms with Gasteiger partial charge >= 0.3 is 0 Å². The van der Waals surface area contributed by atoms with Crippen LogP contribution in [0, 0.1) is 0 Å². The molecule has 1 aromatic heterocycles. The van der Waals surface area contributed by atoms with Crippen LogP contribution in [0.1, 0.15) is 12.5 Å². The molecule has 5 heteroatoms. The second-order valence-corrected chi connectivity index (χ2v) is 5.49. The van der Waals surface area contributed by atoms with Gasteiger partial charge in [0.15, 0.2) is 0 Å². The van der Waals surface area contributed by atoms with E-state index in [9.17, 15) is 0 Å². The van der Waals surface area contributed by atoms with Gasteiger partial charge in [-0.1, -0.05) is 11.6 Å². The zero-order valence-corrected chi connectivity index (χ0v) is 13.6. The SMILES string of the molecule is COc1ccc(C(C)=NNc2ccnc3cc(Cl)ccc23)cc1. The fourth-order valence-electron chi connectivity index (χ4n) is 2.26. The van der Waals surface area contributed by atoms with Gasteiger partial charge in [0.25, 0.3) is 0 Å². The van der Waals surface area contributed by atoms with Crippen LogP contribution in [0.4, 0.5) is 5.69 Å². The molecule has 0 spiro atoms. The standard InChI is InChI=1S/C18H16ClN3O/c1-12(13-3-6-15(23-2)7-4-13)21-22-17-9-10-20-18-11-14(19)5-8-16(17)18/h3-11H,1-2H3,(H,20,22). The summed E-state index contributed by atoms with van der Waals surface area (Å²) in [5.41, 5.74) is 6.74. The minimum absolute atomic E-state index is 0.667. The molecule has 0 saturated carbocycles. The third kappa shape index (κ3) is 3.43. The van der Waals surface area contributed by atoms with Gasteiger partial charge in [0.1, 0.15) is 5.75 Å². The summed E-state index contributed by atoms with van der Waals surface area (Å²) in [4.78, 5) is 4.32. The lowest BCUT2D eigenvalue weighted by Crippen LogP contribution is -2.00. The maximum absolute atomic E-state index is 6.01. The molecule has 116 valence electrons. The summed E-state index contributed by atoms with van der Waals surface area (Å²) in [6, 6.07) is 15.3. The Morgan fingerprint density at radius 2 is 1.91 bits per heavy atom. The van der Waals surface area contributed by atoms with Crippen LogP contribution in [0.5, 0.6) is 5.75 Å². The first-order valence-corrected chi connectivity index (χ1v) is 7.54. The number of ether oxygens (including phenoxy) is 1. The molecule has 1 heterocycles. The number of benzene rings is 2. The van der Waals surface area contributed by atoms with Crippen LogP contribution in [0.2, 0.25) is 5.02 Å². The van der Waals surface area contributed by atoms with Gasteiger partial charge in [0, 0.05) is 16.6 Å². The van der Waals surface area contributed by atoms with Crippen molar-refractivity contribution in [2.75, 3.05) is 12.5 Å². The zero-order chi connectivity index (χ0) is 16.2. The molecule has 23 heavy (non-hydrogen) atoms. The molecule has 4 nitrogen and oxygen atoms in total. The first-order chi connectivity index (χ1) is 11.2. The number of rotatable bonds is 4. The molecule has 0 aliphatic rings. The molecule has 0 aliphatic carbocycles. The Morgan fingerprint density at radius 1 is 1.13 bits per heavy atom. The molecule has 1 N–H and O–H groups in total. The highest BCUT2D eigenvalue weighted by Gasteiger charge is 2.03. The van der Waals surface area contributed by atoms with Crippen LogP contribution in [-0.2, 0) is 0 Å². The number of hydrogen-bond donors (Lipinski definition) is 1. The number of anilines is 1. The van der Waals surface area contributed by atoms with Crippen molar-refractivity contribution >= 4 is 33.9 Å². The van der Waals surface area contributed by atoms with Gasteiger partial charge in [0.05, 0.1) is 24.0 Å². The second-order valence-electron chi connectivity index (χ2n) is 5.06. The summed E-state index contributed by atoms with van der Waals surface area (Å²) in [6.07, 6.45) is 1.74. The number of aromatic nitrogens is 1. The van der Waals surface area contributed by atoms with Gasteiger partial charge in [-0.15, -0.1) is 0 Å². The van der Waals surface area contributed by atoms with Crippen molar-refractivity contribution in [1.82, 2.24) is 4.98 Å². The predicted octanol–water partition coefficient (Wildman–Crippen LogP) is 4.73. The number of nitrogens with zero attached hydrogens (tertiary/aromatic N) is 2. The van der Waals surface area contributed by atoms with Gasteiger partial charge in [-0.2, -0.15) is 5.10 Å². The Balaban J connectivity index is 1.86. The van der Waals surface area contributed by atoms with Gasteiger partial charge in [0.2, 0.25) is 0 Å². The Bertz CT molecular complexity index is 860. The highest BCUT2D eigenvalue weighted by molar-refractivity contribution is 6.31. The van der Waals surface area contributed by atoms with E-state index in [1.165, 1.54) is 0 Å². The van der Waals surface area contributed by atoms with Crippen molar-refractivity contribution in [3.63, 3.8) is 0 Å². The summed E-state index contributed by atoms with van der Waals surface area (Å²) >= 11 is 6.01. The van der Waals surface area contributed by atoms with Crippen LogP contribution < -0.4 is 10.2 Å². The van der Waals surface area contributed by atoms with E-state index in [1.54, 1.807) is 13.3 Å². The Kier molecular flexibility index (Phi) is 4.44. The average molecular weight is 326 g/mol. The fraction of sp³-hybridized carbons (Fsp3) is 0.111. The molecule has 0 unspecified atom stereocenters. The van der Waals surface area contributed by atoms with Crippen LogP contribution in [-0.4, -0.2) is 17.8 Å². The number of hydrazone groups is 1. The fourth-order valence-corrected chi connectivity index (χ4v) is 2.43. The van der Waals surface area contributed by atoms with Crippen LogP contribution in [0.3, 0.4) is 0 Å². The lowest BCUT2D eigenvalue weighted by molar-refractivity contribution is 0.415. The van der Waals surface area contributed by atoms with Crippen molar-refractivity contribution in [2.45, 2.75) is 6.92 Å². The van der Waals surface area contributed by atoms with Crippen molar-refractivity contribution in [3.8, 4) is 5.75 Å². The van der Waals surface area contributed by atoms with E-state index < -0.39 is 0 Å². The predicted molar refractivity (Wildman–Crippen MR) is 95.6 cm³/mol. The van der Waals surface area contributed by atoms with Crippen molar-refractivity contribution in [2.24, 2.45) is 5.10 Å². The van der Waals surface area contributed by atoms with E-state index in [1.807, 2.05) is 55.5 Å². The van der Waals surface area contributed by atoms with Gasteiger partial charge in [-0.25, -0.2) is 0 Å². The quantitative estimate of drug-likeness (QED) is 0.557. The molecule has 0 saturated heterocycles. The van der Waals surface area contributed by atoms with E-state index in [4.69, 9.17) is 16.3 Å². The average Bonchev–Trinajstić information content (AvgIpc) is 2.59. The molecule has 0 amide bonds. The molecule has 3 aromatic rings. The lowest BCUT2D eigenvalue weighted by Gasteiger charge is -2.07. The maximum atomic E-state index is 6.01.